The van der Waals surface area contributed by atoms with Crippen LogP contribution < -0.4 is 0 Å². The zero-order valence-electron chi connectivity index (χ0n) is 11.6. The van der Waals surface area contributed by atoms with Gasteiger partial charge in [-0.1, -0.05) is 39.8 Å². The first-order valence-corrected chi connectivity index (χ1v) is 6.09. The van der Waals surface area contributed by atoms with Crippen molar-refractivity contribution in [2.75, 3.05) is 0 Å². The van der Waals surface area contributed by atoms with Gasteiger partial charge in [-0.15, -0.1) is 0 Å². The lowest BCUT2D eigenvalue weighted by Crippen LogP contribution is -2.18. The molecule has 0 aromatic heterocycles. The first-order chi connectivity index (χ1) is 7.59. The summed E-state index contributed by atoms with van der Waals surface area (Å²) in [6.45, 7) is 11.4. The number of halogens is 2. The van der Waals surface area contributed by atoms with Crippen LogP contribution in [0.5, 0.6) is 0 Å². The Balaban J connectivity index is 3.40. The summed E-state index contributed by atoms with van der Waals surface area (Å²) in [5.74, 6) is -2.72. The highest BCUT2D eigenvalue weighted by Crippen LogP contribution is 2.38. The molecule has 0 heterocycles. The molecule has 0 amide bonds. The molecule has 17 heavy (non-hydrogen) atoms. The van der Waals surface area contributed by atoms with Crippen LogP contribution >= 0.6 is 0 Å². The van der Waals surface area contributed by atoms with Crippen molar-refractivity contribution in [2.45, 2.75) is 59.3 Å². The highest BCUT2D eigenvalue weighted by Gasteiger charge is 2.33. The van der Waals surface area contributed by atoms with Crippen molar-refractivity contribution in [3.63, 3.8) is 0 Å². The van der Waals surface area contributed by atoms with E-state index in [-0.39, 0.29) is 17.4 Å². The molecule has 0 aliphatic carbocycles. The fourth-order valence-corrected chi connectivity index (χ4v) is 2.15. The largest absolute Gasteiger partial charge is 0.273 e. The molecule has 0 aliphatic heterocycles. The molecule has 96 valence electrons. The van der Waals surface area contributed by atoms with E-state index in [2.05, 4.69) is 20.8 Å². The number of hydrogen-bond acceptors (Lipinski definition) is 0. The van der Waals surface area contributed by atoms with Crippen LogP contribution in [0.3, 0.4) is 0 Å². The minimum absolute atomic E-state index is 0.00441. The lowest BCUT2D eigenvalue weighted by atomic mass is 9.82. The normalized spacial score (nSPS) is 12.9. The van der Waals surface area contributed by atoms with Gasteiger partial charge >= 0.3 is 0 Å². The molecule has 0 unspecified atom stereocenters. The average Bonchev–Trinajstić information content (AvgIpc) is 2.14. The number of aryl methyl sites for hydroxylation is 2. The zero-order valence-corrected chi connectivity index (χ0v) is 11.6. The number of benzene rings is 1. The molecule has 0 radical (unpaired) electrons. The zero-order chi connectivity index (χ0) is 13.4. The van der Waals surface area contributed by atoms with Crippen LogP contribution in [0.1, 0.15) is 56.4 Å². The van der Waals surface area contributed by atoms with Crippen LogP contribution in [0.25, 0.3) is 0 Å². The van der Waals surface area contributed by atoms with E-state index in [9.17, 15) is 8.78 Å². The topological polar surface area (TPSA) is 0 Å². The van der Waals surface area contributed by atoms with Crippen LogP contribution in [0.4, 0.5) is 8.78 Å². The molecule has 0 aliphatic rings. The average molecular weight is 240 g/mol. The molecular formula is C15H22F2. The van der Waals surface area contributed by atoms with Gasteiger partial charge in [-0.25, -0.2) is 8.78 Å². The minimum Gasteiger partial charge on any atom is -0.201 e. The summed E-state index contributed by atoms with van der Waals surface area (Å²) in [6.07, 6.45) is -0.149. The molecule has 1 aromatic rings. The summed E-state index contributed by atoms with van der Waals surface area (Å²) in [7, 11) is 0. The van der Waals surface area contributed by atoms with Gasteiger partial charge in [0.2, 0.25) is 0 Å². The molecule has 1 aromatic carbocycles. The number of rotatable bonds is 2. The molecule has 0 spiro atoms. The van der Waals surface area contributed by atoms with Gasteiger partial charge in [-0.3, -0.25) is 0 Å². The second-order valence-electron chi connectivity index (χ2n) is 5.79. The molecule has 0 saturated carbocycles. The first-order valence-electron chi connectivity index (χ1n) is 6.09. The Morgan fingerprint density at radius 2 is 1.41 bits per heavy atom. The van der Waals surface area contributed by atoms with Gasteiger partial charge < -0.3 is 0 Å². The molecule has 0 fully saturated rings. The van der Waals surface area contributed by atoms with E-state index >= 15 is 0 Å². The van der Waals surface area contributed by atoms with Gasteiger partial charge in [0.05, 0.1) is 0 Å². The number of alkyl halides is 2. The Kier molecular flexibility index (Phi) is 3.66. The molecular weight excluding hydrogens is 218 g/mol. The monoisotopic (exact) mass is 240 g/mol. The third kappa shape index (κ3) is 2.85. The molecule has 0 atom stereocenters. The second kappa shape index (κ2) is 4.40. The highest BCUT2D eigenvalue weighted by atomic mass is 19.3. The lowest BCUT2D eigenvalue weighted by molar-refractivity contribution is -0.00953. The Bertz CT molecular complexity index is 388. The maximum Gasteiger partial charge on any atom is 0.273 e. The van der Waals surface area contributed by atoms with Crippen molar-refractivity contribution >= 4 is 0 Å². The third-order valence-electron chi connectivity index (χ3n) is 3.21. The van der Waals surface area contributed by atoms with Gasteiger partial charge in [0.15, 0.2) is 0 Å². The molecule has 0 saturated heterocycles. The first kappa shape index (κ1) is 14.1. The van der Waals surface area contributed by atoms with Gasteiger partial charge in [-0.2, -0.15) is 0 Å². The Morgan fingerprint density at radius 3 is 1.71 bits per heavy atom. The van der Waals surface area contributed by atoms with E-state index in [0.717, 1.165) is 5.56 Å². The summed E-state index contributed by atoms with van der Waals surface area (Å²) >= 11 is 0. The number of hydrogen-bond donors (Lipinski definition) is 0. The smallest absolute Gasteiger partial charge is 0.201 e. The summed E-state index contributed by atoms with van der Waals surface area (Å²) in [5.41, 5.74) is 2.70. The Morgan fingerprint density at radius 1 is 1.00 bits per heavy atom. The maximum atomic E-state index is 13.8. The lowest BCUT2D eigenvalue weighted by Gasteiger charge is -2.25. The van der Waals surface area contributed by atoms with Gasteiger partial charge in [0.1, 0.15) is 0 Å². The van der Waals surface area contributed by atoms with Crippen LogP contribution in [0.15, 0.2) is 12.1 Å². The fraction of sp³-hybridized carbons (Fsp3) is 0.600. The van der Waals surface area contributed by atoms with Crippen molar-refractivity contribution in [3.05, 3.63) is 34.4 Å². The predicted octanol–water partition coefficient (Wildman–Crippen LogP) is 5.10. The van der Waals surface area contributed by atoms with Gasteiger partial charge in [-0.05, 0) is 36.0 Å². The SMILES string of the molecule is CCC(F)(F)c1c(C)cc(C(C)(C)C)cc1C. The van der Waals surface area contributed by atoms with Gasteiger partial charge in [0, 0.05) is 12.0 Å². The van der Waals surface area contributed by atoms with Crippen molar-refractivity contribution in [1.82, 2.24) is 0 Å². The van der Waals surface area contributed by atoms with E-state index in [0.29, 0.717) is 11.1 Å². The van der Waals surface area contributed by atoms with E-state index in [4.69, 9.17) is 0 Å². The fourth-order valence-electron chi connectivity index (χ4n) is 2.15. The predicted molar refractivity (Wildman–Crippen MR) is 68.8 cm³/mol. The van der Waals surface area contributed by atoms with Gasteiger partial charge in [0.25, 0.3) is 5.92 Å². The molecule has 0 bridgehead atoms. The summed E-state index contributed by atoms with van der Waals surface area (Å²) in [4.78, 5) is 0. The van der Waals surface area contributed by atoms with E-state index in [1.165, 1.54) is 6.92 Å². The van der Waals surface area contributed by atoms with Crippen molar-refractivity contribution < 1.29 is 8.78 Å². The minimum atomic E-state index is -2.72. The Hall–Kier alpha value is -0.920. The van der Waals surface area contributed by atoms with Crippen LogP contribution in [0.2, 0.25) is 0 Å². The van der Waals surface area contributed by atoms with Crippen LogP contribution in [0, 0.1) is 13.8 Å². The summed E-state index contributed by atoms with van der Waals surface area (Å²) in [6, 6.07) is 3.79. The van der Waals surface area contributed by atoms with Crippen LogP contribution in [-0.4, -0.2) is 0 Å². The molecule has 1 rings (SSSR count). The van der Waals surface area contributed by atoms with E-state index < -0.39 is 5.92 Å². The molecule has 0 N–H and O–H groups in total. The van der Waals surface area contributed by atoms with E-state index in [1.807, 2.05) is 12.1 Å². The van der Waals surface area contributed by atoms with E-state index in [1.54, 1.807) is 13.8 Å². The van der Waals surface area contributed by atoms with Crippen molar-refractivity contribution in [1.29, 1.82) is 0 Å². The highest BCUT2D eigenvalue weighted by molar-refractivity contribution is 5.42. The third-order valence-corrected chi connectivity index (χ3v) is 3.21. The second-order valence-corrected chi connectivity index (χ2v) is 5.79. The standard InChI is InChI=1S/C15H22F2/c1-7-15(16,17)13-10(2)8-12(9-11(13)3)14(4,5)6/h8-9H,7H2,1-6H3. The molecule has 2 heteroatoms. The Labute approximate surface area is 103 Å². The molecule has 0 nitrogen and oxygen atoms in total. The summed E-state index contributed by atoms with van der Waals surface area (Å²) in [5, 5.41) is 0. The van der Waals surface area contributed by atoms with Crippen molar-refractivity contribution in [2.24, 2.45) is 0 Å². The maximum absolute atomic E-state index is 13.8. The van der Waals surface area contributed by atoms with Crippen molar-refractivity contribution in [3.8, 4) is 0 Å². The quantitative estimate of drug-likeness (QED) is 0.674. The van der Waals surface area contributed by atoms with Crippen LogP contribution in [-0.2, 0) is 11.3 Å². The summed E-state index contributed by atoms with van der Waals surface area (Å²) < 4.78 is 27.7.